The van der Waals surface area contributed by atoms with Crippen molar-refractivity contribution in [2.24, 2.45) is 5.73 Å². The Labute approximate surface area is 94.5 Å². The van der Waals surface area contributed by atoms with Crippen LogP contribution < -0.4 is 10.6 Å². The molecule has 0 bridgehead atoms. The highest BCUT2D eigenvalue weighted by atomic mass is 32.1. The van der Waals surface area contributed by atoms with Gasteiger partial charge in [-0.05, 0) is 19.3 Å². The number of anilines is 1. The van der Waals surface area contributed by atoms with Gasteiger partial charge in [0.15, 0.2) is 0 Å². The molecule has 1 fully saturated rings. The van der Waals surface area contributed by atoms with E-state index in [1.165, 1.54) is 19.3 Å². The van der Waals surface area contributed by atoms with Gasteiger partial charge >= 0.3 is 0 Å². The van der Waals surface area contributed by atoms with Gasteiger partial charge in [-0.2, -0.15) is 0 Å². The summed E-state index contributed by atoms with van der Waals surface area (Å²) in [6, 6.07) is 0. The highest BCUT2D eigenvalue weighted by molar-refractivity contribution is 7.80. The first-order chi connectivity index (χ1) is 7.27. The van der Waals surface area contributed by atoms with Crippen LogP contribution in [0.1, 0.15) is 25.0 Å². The highest BCUT2D eigenvalue weighted by Crippen LogP contribution is 2.16. The van der Waals surface area contributed by atoms with E-state index in [2.05, 4.69) is 14.9 Å². The van der Waals surface area contributed by atoms with Crippen LogP contribution in [0.4, 0.5) is 5.82 Å². The normalized spacial score (nSPS) is 16.4. The predicted molar refractivity (Wildman–Crippen MR) is 64.0 cm³/mol. The molecule has 0 saturated carbocycles. The summed E-state index contributed by atoms with van der Waals surface area (Å²) in [7, 11) is 0. The van der Waals surface area contributed by atoms with Gasteiger partial charge in [0.1, 0.15) is 16.5 Å². The Morgan fingerprint density at radius 3 is 2.67 bits per heavy atom. The molecule has 80 valence electrons. The van der Waals surface area contributed by atoms with Gasteiger partial charge in [0.05, 0.1) is 12.4 Å². The van der Waals surface area contributed by atoms with Crippen LogP contribution >= 0.6 is 12.2 Å². The number of nitrogens with two attached hydrogens (primary N) is 1. The van der Waals surface area contributed by atoms with Crippen LogP contribution in [0.3, 0.4) is 0 Å². The molecule has 2 rings (SSSR count). The van der Waals surface area contributed by atoms with Gasteiger partial charge in [-0.25, -0.2) is 4.98 Å². The molecule has 2 heterocycles. The van der Waals surface area contributed by atoms with Crippen LogP contribution in [0.2, 0.25) is 0 Å². The number of hydrogen-bond donors (Lipinski definition) is 1. The molecular formula is C10H14N4S. The Bertz CT molecular complexity index is 360. The summed E-state index contributed by atoms with van der Waals surface area (Å²) in [6.07, 6.45) is 7.12. The minimum Gasteiger partial charge on any atom is -0.388 e. The standard InChI is InChI=1S/C10H14N4S/c11-10(15)8-6-12-7-9(13-8)14-4-2-1-3-5-14/h6-7H,1-5H2,(H2,11,15). The smallest absolute Gasteiger partial charge is 0.147 e. The molecule has 2 N–H and O–H groups in total. The van der Waals surface area contributed by atoms with Crippen molar-refractivity contribution >= 4 is 23.0 Å². The van der Waals surface area contributed by atoms with Crippen molar-refractivity contribution in [3.63, 3.8) is 0 Å². The summed E-state index contributed by atoms with van der Waals surface area (Å²) >= 11 is 4.88. The van der Waals surface area contributed by atoms with Gasteiger partial charge in [-0.1, -0.05) is 12.2 Å². The van der Waals surface area contributed by atoms with Gasteiger partial charge in [0.25, 0.3) is 0 Å². The number of nitrogens with zero attached hydrogens (tertiary/aromatic N) is 3. The Morgan fingerprint density at radius 1 is 1.27 bits per heavy atom. The molecule has 0 aliphatic carbocycles. The number of piperidine rings is 1. The molecule has 0 unspecified atom stereocenters. The number of hydrogen-bond acceptors (Lipinski definition) is 4. The molecule has 0 atom stereocenters. The Hall–Kier alpha value is -1.23. The zero-order valence-electron chi connectivity index (χ0n) is 8.52. The van der Waals surface area contributed by atoms with Crippen molar-refractivity contribution in [1.29, 1.82) is 0 Å². The molecular weight excluding hydrogens is 208 g/mol. The van der Waals surface area contributed by atoms with Crippen LogP contribution in [0.25, 0.3) is 0 Å². The summed E-state index contributed by atoms with van der Waals surface area (Å²) in [4.78, 5) is 11.0. The van der Waals surface area contributed by atoms with Crippen LogP contribution in [-0.4, -0.2) is 28.0 Å². The van der Waals surface area contributed by atoms with E-state index in [-0.39, 0.29) is 0 Å². The zero-order valence-corrected chi connectivity index (χ0v) is 9.33. The highest BCUT2D eigenvalue weighted by Gasteiger charge is 2.13. The van der Waals surface area contributed by atoms with Crippen molar-refractivity contribution in [2.45, 2.75) is 19.3 Å². The van der Waals surface area contributed by atoms with Crippen molar-refractivity contribution in [3.05, 3.63) is 18.1 Å². The molecule has 5 heteroatoms. The van der Waals surface area contributed by atoms with E-state index in [0.29, 0.717) is 10.7 Å². The summed E-state index contributed by atoms with van der Waals surface area (Å²) in [6.45, 7) is 2.10. The fraction of sp³-hybridized carbons (Fsp3) is 0.500. The van der Waals surface area contributed by atoms with E-state index in [9.17, 15) is 0 Å². The maximum Gasteiger partial charge on any atom is 0.147 e. The summed E-state index contributed by atoms with van der Waals surface area (Å²) in [5.41, 5.74) is 6.13. The number of rotatable bonds is 2. The fourth-order valence-electron chi connectivity index (χ4n) is 1.75. The van der Waals surface area contributed by atoms with Gasteiger partial charge in [-0.3, -0.25) is 4.98 Å². The molecule has 15 heavy (non-hydrogen) atoms. The topological polar surface area (TPSA) is 55.0 Å². The molecule has 0 aromatic carbocycles. The van der Waals surface area contributed by atoms with Crippen LogP contribution in [0, 0.1) is 0 Å². The lowest BCUT2D eigenvalue weighted by Crippen LogP contribution is -2.30. The second kappa shape index (κ2) is 4.53. The maximum absolute atomic E-state index is 5.52. The van der Waals surface area contributed by atoms with E-state index in [4.69, 9.17) is 18.0 Å². The predicted octanol–water partition coefficient (Wildman–Crippen LogP) is 1.10. The third kappa shape index (κ3) is 2.41. The van der Waals surface area contributed by atoms with Gasteiger partial charge in [-0.15, -0.1) is 0 Å². The van der Waals surface area contributed by atoms with Crippen LogP contribution in [-0.2, 0) is 0 Å². The SMILES string of the molecule is NC(=S)c1cncc(N2CCCCC2)n1. The molecule has 0 spiro atoms. The molecule has 0 radical (unpaired) electrons. The molecule has 1 saturated heterocycles. The number of thiocarbonyl (C=S) groups is 1. The lowest BCUT2D eigenvalue weighted by Gasteiger charge is -2.27. The summed E-state index contributed by atoms with van der Waals surface area (Å²) in [5.74, 6) is 0.889. The van der Waals surface area contributed by atoms with Crippen molar-refractivity contribution < 1.29 is 0 Å². The van der Waals surface area contributed by atoms with E-state index >= 15 is 0 Å². The van der Waals surface area contributed by atoms with Crippen LogP contribution in [0.15, 0.2) is 12.4 Å². The summed E-state index contributed by atoms with van der Waals surface area (Å²) in [5, 5.41) is 0. The Kier molecular flexibility index (Phi) is 3.11. The molecule has 1 aliphatic rings. The molecule has 4 nitrogen and oxygen atoms in total. The van der Waals surface area contributed by atoms with E-state index < -0.39 is 0 Å². The lowest BCUT2D eigenvalue weighted by molar-refractivity contribution is 0.572. The maximum atomic E-state index is 5.52. The van der Waals surface area contributed by atoms with Crippen molar-refractivity contribution in [2.75, 3.05) is 18.0 Å². The minimum absolute atomic E-state index is 0.307. The van der Waals surface area contributed by atoms with Gasteiger partial charge < -0.3 is 10.6 Å². The average Bonchev–Trinajstić information content (AvgIpc) is 2.30. The Morgan fingerprint density at radius 2 is 2.00 bits per heavy atom. The lowest BCUT2D eigenvalue weighted by atomic mass is 10.1. The molecule has 1 aliphatic heterocycles. The van der Waals surface area contributed by atoms with Crippen molar-refractivity contribution in [3.8, 4) is 0 Å². The average molecular weight is 222 g/mol. The van der Waals surface area contributed by atoms with Gasteiger partial charge in [0.2, 0.25) is 0 Å². The minimum atomic E-state index is 0.307. The molecule has 1 aromatic heterocycles. The van der Waals surface area contributed by atoms with Crippen molar-refractivity contribution in [1.82, 2.24) is 9.97 Å². The third-order valence-corrected chi connectivity index (χ3v) is 2.76. The van der Waals surface area contributed by atoms with Gasteiger partial charge in [0, 0.05) is 13.1 Å². The quantitative estimate of drug-likeness (QED) is 0.759. The largest absolute Gasteiger partial charge is 0.388 e. The first kappa shape index (κ1) is 10.3. The van der Waals surface area contributed by atoms with E-state index in [1.54, 1.807) is 12.4 Å². The van der Waals surface area contributed by atoms with E-state index in [0.717, 1.165) is 18.9 Å². The summed E-state index contributed by atoms with van der Waals surface area (Å²) < 4.78 is 0. The monoisotopic (exact) mass is 222 g/mol. The zero-order chi connectivity index (χ0) is 10.7. The second-order valence-electron chi connectivity index (χ2n) is 3.67. The number of aromatic nitrogens is 2. The van der Waals surface area contributed by atoms with Crippen LogP contribution in [0.5, 0.6) is 0 Å². The first-order valence-electron chi connectivity index (χ1n) is 5.14. The van der Waals surface area contributed by atoms with E-state index in [1.807, 2.05) is 0 Å². The molecule has 1 aromatic rings. The third-order valence-electron chi connectivity index (χ3n) is 2.55. The first-order valence-corrected chi connectivity index (χ1v) is 5.55. The fourth-order valence-corrected chi connectivity index (χ4v) is 1.85. The Balaban J connectivity index is 2.19. The second-order valence-corrected chi connectivity index (χ2v) is 4.11. The molecule has 0 amide bonds.